The van der Waals surface area contributed by atoms with Crippen LogP contribution in [0, 0.1) is 23.7 Å². The van der Waals surface area contributed by atoms with Crippen LogP contribution in [0.5, 0.6) is 5.75 Å². The summed E-state index contributed by atoms with van der Waals surface area (Å²) in [5.74, 6) is -0.280. The number of nitrogens with zero attached hydrogens (tertiary/aromatic N) is 3. The van der Waals surface area contributed by atoms with Crippen LogP contribution < -0.4 is 15.4 Å². The Morgan fingerprint density at radius 2 is 1.93 bits per heavy atom. The van der Waals surface area contributed by atoms with Crippen LogP contribution in [0.15, 0.2) is 30.3 Å². The summed E-state index contributed by atoms with van der Waals surface area (Å²) in [5, 5.41) is 16.1. The van der Waals surface area contributed by atoms with Crippen molar-refractivity contribution in [2.75, 3.05) is 11.9 Å². The minimum Gasteiger partial charge on any atom is -0.487 e. The molecule has 0 spiro atoms. The number of nitriles is 1. The largest absolute Gasteiger partial charge is 0.487 e. The Hall–Kier alpha value is -3.72. The predicted molar refractivity (Wildman–Crippen MR) is 165 cm³/mol. The van der Waals surface area contributed by atoms with Crippen molar-refractivity contribution >= 4 is 62.4 Å². The fourth-order valence-electron chi connectivity index (χ4n) is 4.28. The number of halogens is 4. The van der Waals surface area contributed by atoms with Crippen molar-refractivity contribution in [1.29, 1.82) is 5.26 Å². The first kappa shape index (κ1) is 32.2. The molecule has 0 atom stereocenters. The summed E-state index contributed by atoms with van der Waals surface area (Å²) in [7, 11) is 1.74. The molecule has 2 amide bonds. The van der Waals surface area contributed by atoms with Gasteiger partial charge >= 0.3 is 0 Å². The maximum atomic E-state index is 13.3. The maximum Gasteiger partial charge on any atom is 0.272 e. The number of aryl methyl sites for hydroxylation is 2. The number of ether oxygens (including phenoxy) is 1. The number of rotatable bonds is 9. The number of anilines is 1. The average Bonchev–Trinajstić information content (AvgIpc) is 3.45. The molecule has 0 aliphatic rings. The number of amides is 2. The van der Waals surface area contributed by atoms with E-state index in [4.69, 9.17) is 32.9 Å². The van der Waals surface area contributed by atoms with E-state index in [1.54, 1.807) is 36.7 Å². The average molecular weight is 649 g/mol. The molecule has 0 aliphatic heterocycles. The molecule has 2 aromatic carbocycles. The van der Waals surface area contributed by atoms with Gasteiger partial charge in [-0.3, -0.25) is 9.59 Å². The molecule has 226 valence electrons. The van der Waals surface area contributed by atoms with Crippen molar-refractivity contribution in [3.05, 3.63) is 73.3 Å². The van der Waals surface area contributed by atoms with Gasteiger partial charge in [0.05, 0.1) is 27.2 Å². The van der Waals surface area contributed by atoms with Gasteiger partial charge in [-0.1, -0.05) is 50.0 Å². The van der Waals surface area contributed by atoms with Crippen LogP contribution in [-0.2, 0) is 24.8 Å². The second kappa shape index (κ2) is 12.9. The fourth-order valence-corrected chi connectivity index (χ4v) is 5.71. The number of imidazole rings is 1. The van der Waals surface area contributed by atoms with Crippen LogP contribution >= 0.6 is 34.5 Å². The lowest BCUT2D eigenvalue weighted by Crippen LogP contribution is -2.34. The highest BCUT2D eigenvalue weighted by Crippen LogP contribution is 2.34. The van der Waals surface area contributed by atoms with Gasteiger partial charge in [-0.05, 0) is 36.2 Å². The van der Waals surface area contributed by atoms with Crippen molar-refractivity contribution in [3.63, 3.8) is 0 Å². The van der Waals surface area contributed by atoms with Crippen LogP contribution in [0.2, 0.25) is 10.0 Å². The Morgan fingerprint density at radius 3 is 2.58 bits per heavy atom. The quantitative estimate of drug-likeness (QED) is 0.199. The van der Waals surface area contributed by atoms with E-state index in [9.17, 15) is 23.6 Å². The summed E-state index contributed by atoms with van der Waals surface area (Å²) in [5.41, 5.74) is 1.93. The number of alkyl halides is 2. The molecular formula is C30H29Cl2F2N5O3S. The number of nitrogens with one attached hydrogen (secondary N) is 2. The SMILES string of the molecule is Cc1cc(C#N)c(NC(=O)c2cc3nc(Cc4c(Cl)ccc(CNC(=O)C(C)(C)C)c4Cl)n(C)c3cc2OCC(F)F)s1. The molecule has 0 radical (unpaired) electrons. The Balaban J connectivity index is 1.70. The smallest absolute Gasteiger partial charge is 0.272 e. The minimum absolute atomic E-state index is 0.0135. The topological polar surface area (TPSA) is 109 Å². The second-order valence-electron chi connectivity index (χ2n) is 10.9. The Kier molecular flexibility index (Phi) is 9.64. The highest BCUT2D eigenvalue weighted by atomic mass is 35.5. The first-order valence-corrected chi connectivity index (χ1v) is 14.7. The zero-order valence-electron chi connectivity index (χ0n) is 24.1. The molecule has 0 aliphatic carbocycles. The molecular weight excluding hydrogens is 619 g/mol. The summed E-state index contributed by atoms with van der Waals surface area (Å²) < 4.78 is 33.2. The maximum absolute atomic E-state index is 13.3. The fraction of sp³-hybridized carbons (Fsp3) is 0.333. The first-order valence-electron chi connectivity index (χ1n) is 13.2. The first-order chi connectivity index (χ1) is 20.2. The number of hydrogen-bond acceptors (Lipinski definition) is 6. The molecule has 4 aromatic rings. The third kappa shape index (κ3) is 7.26. The zero-order chi connectivity index (χ0) is 31.6. The molecule has 8 nitrogen and oxygen atoms in total. The molecule has 0 bridgehead atoms. The molecule has 0 unspecified atom stereocenters. The van der Waals surface area contributed by atoms with Gasteiger partial charge in [0.2, 0.25) is 5.91 Å². The van der Waals surface area contributed by atoms with Crippen molar-refractivity contribution in [2.24, 2.45) is 12.5 Å². The van der Waals surface area contributed by atoms with Crippen LogP contribution in [-0.4, -0.2) is 34.4 Å². The number of benzene rings is 2. The molecule has 2 N–H and O–H groups in total. The number of hydrogen-bond donors (Lipinski definition) is 2. The standard InChI is InChI=1S/C30H29Cl2F2N5O3S/c1-15-8-17(12-35)28(43-15)38-27(40)19-9-21-22(11-23(19)42-14-24(33)34)39(5)25(37-21)10-18-20(31)7-6-16(26(18)32)13-36-29(41)30(2,3)4/h6-9,11,24H,10,13-14H2,1-5H3,(H,36,41)(H,38,40). The number of thiophene rings is 1. The molecule has 4 rings (SSSR count). The van der Waals surface area contributed by atoms with E-state index in [1.165, 1.54) is 23.5 Å². The molecule has 0 saturated heterocycles. The van der Waals surface area contributed by atoms with Crippen molar-refractivity contribution in [1.82, 2.24) is 14.9 Å². The minimum atomic E-state index is -2.76. The van der Waals surface area contributed by atoms with Crippen molar-refractivity contribution in [2.45, 2.75) is 47.1 Å². The van der Waals surface area contributed by atoms with E-state index in [0.29, 0.717) is 48.6 Å². The zero-order valence-corrected chi connectivity index (χ0v) is 26.4. The summed E-state index contributed by atoms with van der Waals surface area (Å²) in [6, 6.07) is 10.1. The summed E-state index contributed by atoms with van der Waals surface area (Å²) in [6.07, 6.45) is -2.55. The lowest BCUT2D eigenvalue weighted by Gasteiger charge is -2.18. The van der Waals surface area contributed by atoms with E-state index >= 15 is 0 Å². The number of fused-ring (bicyclic) bond motifs is 1. The van der Waals surface area contributed by atoms with E-state index in [2.05, 4.69) is 10.6 Å². The predicted octanol–water partition coefficient (Wildman–Crippen LogP) is 7.27. The number of carbonyl (C=O) groups excluding carboxylic acids is 2. The van der Waals surface area contributed by atoms with Gasteiger partial charge in [0.15, 0.2) is 0 Å². The molecule has 0 saturated carbocycles. The molecule has 43 heavy (non-hydrogen) atoms. The van der Waals surface area contributed by atoms with Crippen LogP contribution in [0.1, 0.15) is 58.5 Å². The third-order valence-electron chi connectivity index (χ3n) is 6.61. The molecule has 2 aromatic heterocycles. The van der Waals surface area contributed by atoms with Gasteiger partial charge < -0.3 is 19.9 Å². The molecule has 0 fully saturated rings. The molecule has 13 heteroatoms. The Bertz CT molecular complexity index is 1760. The lowest BCUT2D eigenvalue weighted by molar-refractivity contribution is -0.128. The van der Waals surface area contributed by atoms with Gasteiger partial charge in [0, 0.05) is 41.4 Å². The van der Waals surface area contributed by atoms with Gasteiger partial charge in [-0.15, -0.1) is 11.3 Å². The summed E-state index contributed by atoms with van der Waals surface area (Å²) in [6.45, 7) is 6.54. The molecule has 2 heterocycles. The van der Waals surface area contributed by atoms with Crippen LogP contribution in [0.4, 0.5) is 13.8 Å². The lowest BCUT2D eigenvalue weighted by atomic mass is 9.95. The number of carbonyl (C=O) groups is 2. The normalized spacial score (nSPS) is 11.6. The highest BCUT2D eigenvalue weighted by molar-refractivity contribution is 7.16. The van der Waals surface area contributed by atoms with Gasteiger partial charge in [0.1, 0.15) is 29.3 Å². The van der Waals surface area contributed by atoms with Crippen LogP contribution in [0.25, 0.3) is 11.0 Å². The van der Waals surface area contributed by atoms with E-state index in [1.807, 2.05) is 26.8 Å². The Labute approximate surface area is 261 Å². The second-order valence-corrected chi connectivity index (χ2v) is 12.9. The summed E-state index contributed by atoms with van der Waals surface area (Å²) >= 11 is 14.5. The van der Waals surface area contributed by atoms with E-state index in [-0.39, 0.29) is 30.2 Å². The number of aromatic nitrogens is 2. The van der Waals surface area contributed by atoms with Gasteiger partial charge in [0.25, 0.3) is 12.3 Å². The van der Waals surface area contributed by atoms with Crippen molar-refractivity contribution < 1.29 is 23.1 Å². The van der Waals surface area contributed by atoms with E-state index in [0.717, 1.165) is 4.88 Å². The highest BCUT2D eigenvalue weighted by Gasteiger charge is 2.23. The van der Waals surface area contributed by atoms with Gasteiger partial charge in [-0.25, -0.2) is 13.8 Å². The van der Waals surface area contributed by atoms with E-state index < -0.39 is 24.4 Å². The summed E-state index contributed by atoms with van der Waals surface area (Å²) in [4.78, 5) is 31.2. The monoisotopic (exact) mass is 647 g/mol. The van der Waals surface area contributed by atoms with Crippen LogP contribution in [0.3, 0.4) is 0 Å². The van der Waals surface area contributed by atoms with Crippen molar-refractivity contribution in [3.8, 4) is 11.8 Å². The Morgan fingerprint density at radius 1 is 1.21 bits per heavy atom. The van der Waals surface area contributed by atoms with Gasteiger partial charge in [-0.2, -0.15) is 5.26 Å². The third-order valence-corrected chi connectivity index (χ3v) is 8.40.